The molecule has 1 amide bonds. The second-order valence-corrected chi connectivity index (χ2v) is 7.13. The fourth-order valence-corrected chi connectivity index (χ4v) is 3.19. The molecule has 0 aliphatic rings. The van der Waals surface area contributed by atoms with Crippen LogP contribution in [0.4, 0.5) is 11.4 Å². The zero-order valence-electron chi connectivity index (χ0n) is 13.7. The van der Waals surface area contributed by atoms with Crippen molar-refractivity contribution in [1.29, 1.82) is 0 Å². The number of sulfonamides is 1. The Morgan fingerprint density at radius 1 is 1.00 bits per heavy atom. The molecular formula is C17H20N2O4S. The number of carbonyl (C=O) groups excluding carboxylic acids is 1. The molecule has 0 saturated carbocycles. The van der Waals surface area contributed by atoms with Crippen LogP contribution in [0.1, 0.15) is 13.8 Å². The van der Waals surface area contributed by atoms with Gasteiger partial charge in [0.2, 0.25) is 5.91 Å². The highest BCUT2D eigenvalue weighted by atomic mass is 32.2. The van der Waals surface area contributed by atoms with Crippen LogP contribution in [-0.4, -0.2) is 21.4 Å². The molecule has 0 heterocycles. The number of hydrogen-bond acceptors (Lipinski definition) is 4. The Balaban J connectivity index is 2.17. The van der Waals surface area contributed by atoms with Crippen LogP contribution in [0.25, 0.3) is 0 Å². The lowest BCUT2D eigenvalue weighted by atomic mass is 10.2. The maximum Gasteiger partial charge on any atom is 0.265 e. The maximum atomic E-state index is 12.5. The van der Waals surface area contributed by atoms with E-state index in [1.165, 1.54) is 13.2 Å². The first-order valence-electron chi connectivity index (χ1n) is 7.40. The summed E-state index contributed by atoms with van der Waals surface area (Å²) in [5.41, 5.74) is 0.998. The molecule has 0 bridgehead atoms. The first-order valence-corrected chi connectivity index (χ1v) is 8.88. The molecule has 2 aromatic rings. The van der Waals surface area contributed by atoms with Gasteiger partial charge in [-0.3, -0.25) is 9.52 Å². The van der Waals surface area contributed by atoms with Crippen molar-refractivity contribution in [3.63, 3.8) is 0 Å². The predicted octanol–water partition coefficient (Wildman–Crippen LogP) is 3.09. The Labute approximate surface area is 141 Å². The molecule has 0 aliphatic carbocycles. The molecule has 2 N–H and O–H groups in total. The quantitative estimate of drug-likeness (QED) is 0.840. The van der Waals surface area contributed by atoms with Gasteiger partial charge in [-0.1, -0.05) is 26.0 Å². The summed E-state index contributed by atoms with van der Waals surface area (Å²) >= 11 is 0. The average Bonchev–Trinajstić information content (AvgIpc) is 2.56. The van der Waals surface area contributed by atoms with Gasteiger partial charge in [0.1, 0.15) is 10.6 Å². The van der Waals surface area contributed by atoms with Crippen molar-refractivity contribution in [3.05, 3.63) is 48.5 Å². The molecule has 7 heteroatoms. The summed E-state index contributed by atoms with van der Waals surface area (Å²) in [4.78, 5) is 11.7. The number of amides is 1. The number of methoxy groups -OCH3 is 1. The molecular weight excluding hydrogens is 328 g/mol. The molecule has 0 atom stereocenters. The smallest absolute Gasteiger partial charge is 0.265 e. The van der Waals surface area contributed by atoms with E-state index in [-0.39, 0.29) is 22.5 Å². The summed E-state index contributed by atoms with van der Waals surface area (Å²) in [6.07, 6.45) is 0. The average molecular weight is 348 g/mol. The highest BCUT2D eigenvalue weighted by Crippen LogP contribution is 2.25. The third kappa shape index (κ3) is 4.26. The van der Waals surface area contributed by atoms with Crippen molar-refractivity contribution < 1.29 is 17.9 Å². The first kappa shape index (κ1) is 17.8. The number of para-hydroxylation sites is 1. The summed E-state index contributed by atoms with van der Waals surface area (Å²) in [7, 11) is -2.35. The largest absolute Gasteiger partial charge is 0.495 e. The van der Waals surface area contributed by atoms with Crippen LogP contribution >= 0.6 is 0 Å². The van der Waals surface area contributed by atoms with Gasteiger partial charge in [0, 0.05) is 17.3 Å². The zero-order chi connectivity index (χ0) is 17.7. The lowest BCUT2D eigenvalue weighted by Crippen LogP contribution is -2.17. The van der Waals surface area contributed by atoms with Gasteiger partial charge in [0.25, 0.3) is 10.0 Å². The summed E-state index contributed by atoms with van der Waals surface area (Å²) < 4.78 is 32.5. The highest BCUT2D eigenvalue weighted by molar-refractivity contribution is 7.92. The molecule has 0 radical (unpaired) electrons. The summed E-state index contributed by atoms with van der Waals surface area (Å²) in [6.45, 7) is 3.59. The number of anilines is 2. The SMILES string of the molecule is COc1ccccc1S(=O)(=O)Nc1ccc(NC(=O)C(C)C)cc1. The minimum absolute atomic E-state index is 0.0599. The number of hydrogen-bond donors (Lipinski definition) is 2. The molecule has 24 heavy (non-hydrogen) atoms. The minimum Gasteiger partial charge on any atom is -0.495 e. The summed E-state index contributed by atoms with van der Waals surface area (Å²) in [5.74, 6) is 0.0388. The van der Waals surface area contributed by atoms with Gasteiger partial charge in [0.05, 0.1) is 7.11 Å². The Kier molecular flexibility index (Phi) is 5.46. The van der Waals surface area contributed by atoms with Crippen molar-refractivity contribution >= 4 is 27.3 Å². The molecule has 0 saturated heterocycles. The normalized spacial score (nSPS) is 11.2. The van der Waals surface area contributed by atoms with Crippen molar-refractivity contribution in [2.45, 2.75) is 18.7 Å². The molecule has 0 aliphatic heterocycles. The monoisotopic (exact) mass is 348 g/mol. The van der Waals surface area contributed by atoms with E-state index in [9.17, 15) is 13.2 Å². The lowest BCUT2D eigenvalue weighted by Gasteiger charge is -2.12. The first-order chi connectivity index (χ1) is 11.3. The number of carbonyl (C=O) groups is 1. The van der Waals surface area contributed by atoms with Crippen LogP contribution in [0.3, 0.4) is 0 Å². The fourth-order valence-electron chi connectivity index (χ4n) is 1.96. The molecule has 2 rings (SSSR count). The Hall–Kier alpha value is -2.54. The third-order valence-corrected chi connectivity index (χ3v) is 4.71. The van der Waals surface area contributed by atoms with E-state index in [2.05, 4.69) is 10.0 Å². The fraction of sp³-hybridized carbons (Fsp3) is 0.235. The molecule has 128 valence electrons. The topological polar surface area (TPSA) is 84.5 Å². The molecule has 0 unspecified atom stereocenters. The van der Waals surface area contributed by atoms with E-state index in [1.807, 2.05) is 0 Å². The van der Waals surface area contributed by atoms with Crippen LogP contribution < -0.4 is 14.8 Å². The maximum absolute atomic E-state index is 12.5. The van der Waals surface area contributed by atoms with Gasteiger partial charge in [-0.05, 0) is 36.4 Å². The Morgan fingerprint density at radius 2 is 1.58 bits per heavy atom. The number of benzene rings is 2. The van der Waals surface area contributed by atoms with Gasteiger partial charge in [-0.25, -0.2) is 8.42 Å². The summed E-state index contributed by atoms with van der Waals surface area (Å²) in [5, 5.41) is 2.75. The number of nitrogens with one attached hydrogen (secondary N) is 2. The van der Waals surface area contributed by atoms with Gasteiger partial charge >= 0.3 is 0 Å². The van der Waals surface area contributed by atoms with E-state index < -0.39 is 10.0 Å². The number of ether oxygens (including phenoxy) is 1. The predicted molar refractivity (Wildman–Crippen MR) is 93.7 cm³/mol. The van der Waals surface area contributed by atoms with Gasteiger partial charge in [-0.15, -0.1) is 0 Å². The van der Waals surface area contributed by atoms with E-state index in [1.54, 1.807) is 56.3 Å². The summed E-state index contributed by atoms with van der Waals surface area (Å²) in [6, 6.07) is 12.8. The van der Waals surface area contributed by atoms with Crippen LogP contribution in [0, 0.1) is 5.92 Å². The Morgan fingerprint density at radius 3 is 2.17 bits per heavy atom. The zero-order valence-corrected chi connectivity index (χ0v) is 14.6. The van der Waals surface area contributed by atoms with Crippen molar-refractivity contribution in [1.82, 2.24) is 0 Å². The van der Waals surface area contributed by atoms with E-state index >= 15 is 0 Å². The molecule has 0 spiro atoms. The van der Waals surface area contributed by atoms with E-state index in [4.69, 9.17) is 4.74 Å². The second-order valence-electron chi connectivity index (χ2n) is 5.48. The van der Waals surface area contributed by atoms with Gasteiger partial charge in [-0.2, -0.15) is 0 Å². The van der Waals surface area contributed by atoms with Gasteiger partial charge < -0.3 is 10.1 Å². The lowest BCUT2D eigenvalue weighted by molar-refractivity contribution is -0.118. The molecule has 2 aromatic carbocycles. The van der Waals surface area contributed by atoms with Crippen LogP contribution in [0.15, 0.2) is 53.4 Å². The molecule has 0 aromatic heterocycles. The standard InChI is InChI=1S/C17H20N2O4S/c1-12(2)17(20)18-13-8-10-14(11-9-13)19-24(21,22)16-7-5-4-6-15(16)23-3/h4-12,19H,1-3H3,(H,18,20). The van der Waals surface area contributed by atoms with Crippen LogP contribution in [0.5, 0.6) is 5.75 Å². The van der Waals surface area contributed by atoms with Crippen molar-refractivity contribution in [3.8, 4) is 5.75 Å². The second kappa shape index (κ2) is 7.35. The third-order valence-electron chi connectivity index (χ3n) is 3.29. The minimum atomic E-state index is -3.77. The molecule has 0 fully saturated rings. The van der Waals surface area contributed by atoms with E-state index in [0.717, 1.165) is 0 Å². The highest BCUT2D eigenvalue weighted by Gasteiger charge is 2.19. The van der Waals surface area contributed by atoms with Crippen molar-refractivity contribution in [2.24, 2.45) is 5.92 Å². The van der Waals surface area contributed by atoms with Crippen LogP contribution in [-0.2, 0) is 14.8 Å². The molecule has 6 nitrogen and oxygen atoms in total. The van der Waals surface area contributed by atoms with Crippen molar-refractivity contribution in [2.75, 3.05) is 17.1 Å². The van der Waals surface area contributed by atoms with E-state index in [0.29, 0.717) is 11.4 Å². The number of rotatable bonds is 6. The van der Waals surface area contributed by atoms with Gasteiger partial charge in [0.15, 0.2) is 0 Å². The van der Waals surface area contributed by atoms with Crippen LogP contribution in [0.2, 0.25) is 0 Å². The Bertz CT molecular complexity index is 815.